The number of alkyl halides is 3. The van der Waals surface area contributed by atoms with E-state index in [1.165, 1.54) is 18.7 Å². The van der Waals surface area contributed by atoms with Gasteiger partial charge >= 0.3 is 6.18 Å². The Kier molecular flexibility index (Phi) is 8.25. The topological polar surface area (TPSA) is 41.6 Å². The Morgan fingerprint density at radius 1 is 1.06 bits per heavy atom. The molecule has 4 nitrogen and oxygen atoms in total. The highest BCUT2D eigenvalue weighted by atomic mass is 35.5. The van der Waals surface area contributed by atoms with E-state index < -0.39 is 17.6 Å². The summed E-state index contributed by atoms with van der Waals surface area (Å²) in [5, 5.41) is 2.83. The van der Waals surface area contributed by atoms with Gasteiger partial charge in [0.1, 0.15) is 5.75 Å². The quantitative estimate of drug-likeness (QED) is 0.402. The molecule has 8 heteroatoms. The van der Waals surface area contributed by atoms with Gasteiger partial charge in [0.2, 0.25) is 0 Å². The van der Waals surface area contributed by atoms with Gasteiger partial charge in [0.05, 0.1) is 12.7 Å². The second-order valence-corrected chi connectivity index (χ2v) is 8.26. The number of nitrogens with one attached hydrogen (secondary N) is 1. The first-order chi connectivity index (χ1) is 16.3. The molecule has 0 saturated carbocycles. The van der Waals surface area contributed by atoms with Crippen LogP contribution >= 0.6 is 12.4 Å². The number of anilines is 1. The van der Waals surface area contributed by atoms with Crippen molar-refractivity contribution in [1.82, 2.24) is 4.90 Å². The summed E-state index contributed by atoms with van der Waals surface area (Å²) >= 11 is 0. The zero-order valence-electron chi connectivity index (χ0n) is 19.4. The van der Waals surface area contributed by atoms with Crippen molar-refractivity contribution >= 4 is 36.2 Å². The fourth-order valence-corrected chi connectivity index (χ4v) is 4.10. The van der Waals surface area contributed by atoms with Crippen LogP contribution in [0.5, 0.6) is 5.75 Å². The lowest BCUT2D eigenvalue weighted by atomic mass is 9.93. The summed E-state index contributed by atoms with van der Waals surface area (Å²) in [5.74, 6) is -0.945. The van der Waals surface area contributed by atoms with E-state index in [1.54, 1.807) is 0 Å². The number of hydrogen-bond donors (Lipinski definition) is 1. The van der Waals surface area contributed by atoms with E-state index in [0.717, 1.165) is 41.8 Å². The summed E-state index contributed by atoms with van der Waals surface area (Å²) in [6.45, 7) is 1.65. The number of nitrogens with zero attached hydrogens (tertiary/aromatic N) is 1. The standard InChI is InChI=1S/C27H25F3N2O2.ClH/c1-32-15-14-19-9-12-24(21(22(19)17-32)11-8-18-6-4-3-5-7-18)31-26(33)20-10-13-25(34-2)23(16-20)27(28,29)30;/h3-13,16H,14-15,17H2,1-2H3,(H,31,33);1H. The molecule has 1 amide bonds. The van der Waals surface area contributed by atoms with Gasteiger partial charge in [-0.25, -0.2) is 0 Å². The van der Waals surface area contributed by atoms with E-state index in [9.17, 15) is 18.0 Å². The maximum absolute atomic E-state index is 13.4. The predicted octanol–water partition coefficient (Wildman–Crippen LogP) is 6.55. The largest absolute Gasteiger partial charge is 0.496 e. The average molecular weight is 503 g/mol. The van der Waals surface area contributed by atoms with E-state index in [4.69, 9.17) is 4.74 Å². The predicted molar refractivity (Wildman–Crippen MR) is 135 cm³/mol. The summed E-state index contributed by atoms with van der Waals surface area (Å²) in [6, 6.07) is 16.9. The fraction of sp³-hybridized carbons (Fsp3) is 0.222. The maximum Gasteiger partial charge on any atom is 0.419 e. The number of methoxy groups -OCH3 is 1. The molecule has 0 saturated heterocycles. The molecule has 184 valence electrons. The first-order valence-electron chi connectivity index (χ1n) is 10.9. The van der Waals surface area contributed by atoms with Crippen molar-refractivity contribution < 1.29 is 22.7 Å². The van der Waals surface area contributed by atoms with E-state index >= 15 is 0 Å². The van der Waals surface area contributed by atoms with Gasteiger partial charge in [-0.15, -0.1) is 12.4 Å². The highest BCUT2D eigenvalue weighted by molar-refractivity contribution is 6.06. The van der Waals surface area contributed by atoms with Crippen molar-refractivity contribution in [3.63, 3.8) is 0 Å². The van der Waals surface area contributed by atoms with E-state index in [-0.39, 0.29) is 23.7 Å². The van der Waals surface area contributed by atoms with Crippen molar-refractivity contribution in [2.45, 2.75) is 19.1 Å². The zero-order chi connectivity index (χ0) is 24.3. The van der Waals surface area contributed by atoms with Gasteiger partial charge in [0.25, 0.3) is 5.91 Å². The van der Waals surface area contributed by atoms with Crippen LogP contribution in [0.25, 0.3) is 12.2 Å². The molecule has 0 atom stereocenters. The SMILES string of the molecule is COc1ccc(C(=O)Nc2ccc3c(c2C=Cc2ccccc2)CN(C)CC3)cc1C(F)(F)F.Cl. The number of hydrogen-bond acceptors (Lipinski definition) is 3. The molecule has 0 radical (unpaired) electrons. The molecule has 1 aliphatic rings. The lowest BCUT2D eigenvalue weighted by Gasteiger charge is -2.27. The third kappa shape index (κ3) is 6.05. The van der Waals surface area contributed by atoms with Crippen LogP contribution in [-0.2, 0) is 19.1 Å². The Balaban J connectivity index is 0.00000342. The van der Waals surface area contributed by atoms with Gasteiger partial charge in [0.15, 0.2) is 0 Å². The second kappa shape index (κ2) is 11.0. The minimum absolute atomic E-state index is 0. The van der Waals surface area contributed by atoms with E-state index in [1.807, 2.05) is 61.7 Å². The summed E-state index contributed by atoms with van der Waals surface area (Å²) in [5.41, 5.74) is 3.63. The van der Waals surface area contributed by atoms with Crippen LogP contribution in [0.15, 0.2) is 60.7 Å². The van der Waals surface area contributed by atoms with E-state index in [0.29, 0.717) is 12.2 Å². The summed E-state index contributed by atoms with van der Waals surface area (Å²) < 4.78 is 45.1. The minimum Gasteiger partial charge on any atom is -0.496 e. The van der Waals surface area contributed by atoms with Crippen LogP contribution in [0.4, 0.5) is 18.9 Å². The van der Waals surface area contributed by atoms with Crippen LogP contribution in [0.1, 0.15) is 38.2 Å². The van der Waals surface area contributed by atoms with Crippen molar-refractivity contribution in [2.75, 3.05) is 26.0 Å². The van der Waals surface area contributed by atoms with Gasteiger partial charge in [-0.1, -0.05) is 48.6 Å². The third-order valence-electron chi connectivity index (χ3n) is 5.90. The summed E-state index contributed by atoms with van der Waals surface area (Å²) in [7, 11) is 3.20. The molecular formula is C27H26ClF3N2O2. The van der Waals surface area contributed by atoms with Crippen LogP contribution in [0.2, 0.25) is 0 Å². The molecule has 0 spiro atoms. The summed E-state index contributed by atoms with van der Waals surface area (Å²) in [4.78, 5) is 15.2. The van der Waals surface area contributed by atoms with Crippen molar-refractivity contribution in [2.24, 2.45) is 0 Å². The normalized spacial score (nSPS) is 13.7. The molecule has 0 aromatic heterocycles. The molecule has 1 aliphatic heterocycles. The molecule has 35 heavy (non-hydrogen) atoms. The van der Waals surface area contributed by atoms with Crippen molar-refractivity contribution in [3.8, 4) is 5.75 Å². The molecule has 0 fully saturated rings. The maximum atomic E-state index is 13.4. The van der Waals surface area contributed by atoms with Crippen LogP contribution < -0.4 is 10.1 Å². The van der Waals surface area contributed by atoms with Gasteiger partial charge in [-0.2, -0.15) is 13.2 Å². The number of fused-ring (bicyclic) bond motifs is 1. The average Bonchev–Trinajstić information content (AvgIpc) is 2.82. The Hall–Kier alpha value is -3.29. The molecule has 0 aliphatic carbocycles. The van der Waals surface area contributed by atoms with Crippen molar-refractivity contribution in [3.05, 3.63) is 94.0 Å². The van der Waals surface area contributed by atoms with Crippen molar-refractivity contribution in [1.29, 1.82) is 0 Å². The highest BCUT2D eigenvalue weighted by Gasteiger charge is 2.35. The van der Waals surface area contributed by atoms with Gasteiger partial charge < -0.3 is 15.0 Å². The third-order valence-corrected chi connectivity index (χ3v) is 5.90. The van der Waals surface area contributed by atoms with Crippen LogP contribution in [0.3, 0.4) is 0 Å². The number of ether oxygens (including phenoxy) is 1. The van der Waals surface area contributed by atoms with Gasteiger partial charge in [0, 0.05) is 29.9 Å². The lowest BCUT2D eigenvalue weighted by Crippen LogP contribution is -2.27. The summed E-state index contributed by atoms with van der Waals surface area (Å²) in [6.07, 6.45) is 0.175. The lowest BCUT2D eigenvalue weighted by molar-refractivity contribution is -0.138. The number of rotatable bonds is 5. The Bertz CT molecular complexity index is 1230. The van der Waals surface area contributed by atoms with Crippen LogP contribution in [0, 0.1) is 0 Å². The number of carbonyl (C=O) groups is 1. The highest BCUT2D eigenvalue weighted by Crippen LogP contribution is 2.37. The molecule has 0 unspecified atom stereocenters. The fourth-order valence-electron chi connectivity index (χ4n) is 4.10. The van der Waals surface area contributed by atoms with E-state index in [2.05, 4.69) is 10.2 Å². The minimum atomic E-state index is -4.64. The smallest absolute Gasteiger partial charge is 0.419 e. The molecule has 3 aromatic rings. The zero-order valence-corrected chi connectivity index (χ0v) is 20.2. The molecule has 3 aromatic carbocycles. The van der Waals surface area contributed by atoms with Gasteiger partial charge in [-0.3, -0.25) is 4.79 Å². The Morgan fingerprint density at radius 3 is 2.49 bits per heavy atom. The number of amides is 1. The molecule has 0 bridgehead atoms. The van der Waals surface area contributed by atoms with Crippen LogP contribution in [-0.4, -0.2) is 31.5 Å². The molecular weight excluding hydrogens is 477 g/mol. The first kappa shape index (κ1) is 26.3. The van der Waals surface area contributed by atoms with Gasteiger partial charge in [-0.05, 0) is 54.4 Å². The molecule has 4 rings (SSSR count). The Morgan fingerprint density at radius 2 is 1.80 bits per heavy atom. The number of carbonyl (C=O) groups excluding carboxylic acids is 1. The molecule has 1 heterocycles. The number of halogens is 4. The molecule has 1 N–H and O–H groups in total. The monoisotopic (exact) mass is 502 g/mol. The Labute approximate surface area is 208 Å². The first-order valence-corrected chi connectivity index (χ1v) is 10.9. The number of likely N-dealkylation sites (N-methyl/N-ethyl adjacent to an activating group) is 1. The number of benzene rings is 3. The second-order valence-electron chi connectivity index (χ2n) is 8.26.